The number of esters is 1. The highest BCUT2D eigenvalue weighted by molar-refractivity contribution is 6.22. The summed E-state index contributed by atoms with van der Waals surface area (Å²) < 4.78 is 4.47. The fourth-order valence-electron chi connectivity index (χ4n) is 1.41. The van der Waals surface area contributed by atoms with Crippen LogP contribution >= 0.6 is 0 Å². The normalized spacial score (nSPS) is 11.5. The molecular formula is C12H12N2O5. The number of aliphatic hydroxyl groups excluding tert-OH is 1. The fourth-order valence-corrected chi connectivity index (χ4v) is 1.41. The molecule has 0 aliphatic carbocycles. The topological polar surface area (TPSA) is 114 Å². The molecule has 0 saturated carbocycles. The number of carbonyl (C=O) groups excluding carboxylic acids is 1. The van der Waals surface area contributed by atoms with Crippen LogP contribution in [0.15, 0.2) is 29.8 Å². The summed E-state index contributed by atoms with van der Waals surface area (Å²) in [5.41, 5.74) is -0.389. The van der Waals surface area contributed by atoms with E-state index in [9.17, 15) is 20.0 Å². The molecule has 19 heavy (non-hydrogen) atoms. The summed E-state index contributed by atoms with van der Waals surface area (Å²) in [7, 11) is 1.13. The summed E-state index contributed by atoms with van der Waals surface area (Å²) in [4.78, 5) is 21.4. The predicted molar refractivity (Wildman–Crippen MR) is 68.1 cm³/mol. The second kappa shape index (κ2) is 5.76. The van der Waals surface area contributed by atoms with Crippen LogP contribution in [0, 0.1) is 15.5 Å². The van der Waals surface area contributed by atoms with E-state index >= 15 is 0 Å². The lowest BCUT2D eigenvalue weighted by Gasteiger charge is -2.07. The van der Waals surface area contributed by atoms with Crippen molar-refractivity contribution in [3.63, 3.8) is 0 Å². The van der Waals surface area contributed by atoms with Crippen molar-refractivity contribution < 1.29 is 19.6 Å². The average molecular weight is 264 g/mol. The van der Waals surface area contributed by atoms with Crippen molar-refractivity contribution in [3.05, 3.63) is 45.5 Å². The lowest BCUT2D eigenvalue weighted by atomic mass is 10.0. The van der Waals surface area contributed by atoms with Crippen LogP contribution in [0.4, 0.5) is 5.69 Å². The number of aliphatic hydroxyl groups is 1. The summed E-state index contributed by atoms with van der Waals surface area (Å²) in [6.45, 7) is 1.33. The fraction of sp³-hybridized carbons (Fsp3) is 0.167. The molecule has 0 unspecified atom stereocenters. The molecule has 0 aromatic heterocycles. The number of nitro groups is 1. The van der Waals surface area contributed by atoms with E-state index in [-0.39, 0.29) is 22.5 Å². The number of nitrogens with one attached hydrogen (secondary N) is 1. The molecule has 0 amide bonds. The van der Waals surface area contributed by atoms with Crippen molar-refractivity contribution in [1.29, 1.82) is 5.41 Å². The number of methoxy groups -OCH3 is 1. The second-order valence-corrected chi connectivity index (χ2v) is 3.64. The molecule has 7 heteroatoms. The van der Waals surface area contributed by atoms with E-state index in [0.29, 0.717) is 0 Å². The van der Waals surface area contributed by atoms with Crippen molar-refractivity contribution in [2.75, 3.05) is 7.11 Å². The number of rotatable bonds is 4. The minimum Gasteiger partial charge on any atom is -0.506 e. The number of hydrogen-bond donors (Lipinski definition) is 2. The van der Waals surface area contributed by atoms with Gasteiger partial charge < -0.3 is 15.3 Å². The molecule has 0 radical (unpaired) electrons. The minimum atomic E-state index is -0.844. The van der Waals surface area contributed by atoms with Crippen LogP contribution in [0.2, 0.25) is 0 Å². The van der Waals surface area contributed by atoms with Gasteiger partial charge in [-0.25, -0.2) is 4.79 Å². The van der Waals surface area contributed by atoms with Crippen LogP contribution in [0.25, 0.3) is 5.76 Å². The SMILES string of the molecule is COC(=O)/C(C(C)=N)=C(/O)c1ccc([N+](=O)[O-])cc1. The predicted octanol–water partition coefficient (Wildman–Crippen LogP) is 2.08. The Labute approximate surface area is 108 Å². The highest BCUT2D eigenvalue weighted by Gasteiger charge is 2.19. The number of carbonyl (C=O) groups is 1. The number of benzene rings is 1. The monoisotopic (exact) mass is 264 g/mol. The maximum atomic E-state index is 11.5. The van der Waals surface area contributed by atoms with Gasteiger partial charge in [0.1, 0.15) is 11.3 Å². The zero-order valence-corrected chi connectivity index (χ0v) is 10.3. The summed E-state index contributed by atoms with van der Waals surface area (Å²) in [6, 6.07) is 4.97. The zero-order chi connectivity index (χ0) is 14.6. The molecule has 0 aliphatic rings. The van der Waals surface area contributed by atoms with Gasteiger partial charge in [-0.1, -0.05) is 0 Å². The Hall–Kier alpha value is -2.70. The summed E-state index contributed by atoms with van der Waals surface area (Å²) in [5.74, 6) is -1.29. The van der Waals surface area contributed by atoms with Gasteiger partial charge >= 0.3 is 5.97 Å². The van der Waals surface area contributed by atoms with E-state index in [2.05, 4.69) is 4.74 Å². The van der Waals surface area contributed by atoms with Crippen molar-refractivity contribution in [2.24, 2.45) is 0 Å². The van der Waals surface area contributed by atoms with E-state index in [1.165, 1.54) is 31.2 Å². The van der Waals surface area contributed by atoms with Crippen molar-refractivity contribution in [3.8, 4) is 0 Å². The summed E-state index contributed by atoms with van der Waals surface area (Å²) in [6.07, 6.45) is 0. The Kier molecular flexibility index (Phi) is 4.36. The molecular weight excluding hydrogens is 252 g/mol. The van der Waals surface area contributed by atoms with E-state index < -0.39 is 16.7 Å². The first-order chi connectivity index (χ1) is 8.88. The molecule has 100 valence electrons. The maximum absolute atomic E-state index is 11.5. The maximum Gasteiger partial charge on any atom is 0.343 e. The van der Waals surface area contributed by atoms with Gasteiger partial charge in [0, 0.05) is 23.4 Å². The molecule has 1 aromatic carbocycles. The van der Waals surface area contributed by atoms with Crippen LogP contribution in [-0.2, 0) is 9.53 Å². The number of non-ortho nitro benzene ring substituents is 1. The Morgan fingerprint density at radius 1 is 1.37 bits per heavy atom. The third-order valence-corrected chi connectivity index (χ3v) is 2.35. The third kappa shape index (κ3) is 3.15. The van der Waals surface area contributed by atoms with E-state index in [4.69, 9.17) is 5.41 Å². The number of hydrogen-bond acceptors (Lipinski definition) is 6. The number of nitrogens with zero attached hydrogens (tertiary/aromatic N) is 1. The molecule has 1 aromatic rings. The van der Waals surface area contributed by atoms with Crippen molar-refractivity contribution in [2.45, 2.75) is 6.92 Å². The van der Waals surface area contributed by atoms with Crippen LogP contribution in [0.5, 0.6) is 0 Å². The number of nitro benzene ring substituents is 1. The smallest absolute Gasteiger partial charge is 0.343 e. The standard InChI is InChI=1S/C12H12N2O5/c1-7(13)10(12(16)19-2)11(15)8-3-5-9(6-4-8)14(17)18/h3-6,13,15H,1-2H3/b11-10+,13-7?. The lowest BCUT2D eigenvalue weighted by Crippen LogP contribution is -2.13. The minimum absolute atomic E-state index is 0.136. The van der Waals surface area contributed by atoms with Crippen molar-refractivity contribution in [1.82, 2.24) is 0 Å². The Morgan fingerprint density at radius 3 is 2.26 bits per heavy atom. The molecule has 0 aliphatic heterocycles. The van der Waals surface area contributed by atoms with Gasteiger partial charge in [-0.05, 0) is 19.1 Å². The summed E-state index contributed by atoms with van der Waals surface area (Å²) >= 11 is 0. The lowest BCUT2D eigenvalue weighted by molar-refractivity contribution is -0.384. The molecule has 0 spiro atoms. The Balaban J connectivity index is 3.28. The van der Waals surface area contributed by atoms with Gasteiger partial charge in [0.25, 0.3) is 5.69 Å². The molecule has 0 atom stereocenters. The third-order valence-electron chi connectivity index (χ3n) is 2.35. The molecule has 0 bridgehead atoms. The second-order valence-electron chi connectivity index (χ2n) is 3.64. The molecule has 0 fully saturated rings. The Bertz CT molecular complexity index is 560. The quantitative estimate of drug-likeness (QED) is 0.216. The van der Waals surface area contributed by atoms with Crippen LogP contribution in [0.3, 0.4) is 0 Å². The van der Waals surface area contributed by atoms with Gasteiger partial charge in [-0.3, -0.25) is 10.1 Å². The molecule has 1 rings (SSSR count). The van der Waals surface area contributed by atoms with Crippen LogP contribution < -0.4 is 0 Å². The van der Waals surface area contributed by atoms with Gasteiger partial charge in [0.15, 0.2) is 0 Å². The van der Waals surface area contributed by atoms with Gasteiger partial charge in [-0.15, -0.1) is 0 Å². The highest BCUT2D eigenvalue weighted by atomic mass is 16.6. The average Bonchev–Trinajstić information content (AvgIpc) is 2.38. The molecule has 0 heterocycles. The molecule has 7 nitrogen and oxygen atoms in total. The van der Waals surface area contributed by atoms with E-state index in [0.717, 1.165) is 7.11 Å². The largest absolute Gasteiger partial charge is 0.506 e. The molecule has 0 saturated heterocycles. The van der Waals surface area contributed by atoms with E-state index in [1.807, 2.05) is 0 Å². The first-order valence-electron chi connectivity index (χ1n) is 5.20. The van der Waals surface area contributed by atoms with E-state index in [1.54, 1.807) is 0 Å². The highest BCUT2D eigenvalue weighted by Crippen LogP contribution is 2.21. The van der Waals surface area contributed by atoms with Crippen molar-refractivity contribution >= 4 is 23.1 Å². The molecule has 2 N–H and O–H groups in total. The zero-order valence-electron chi connectivity index (χ0n) is 10.3. The first-order valence-corrected chi connectivity index (χ1v) is 5.20. The summed E-state index contributed by atoms with van der Waals surface area (Å²) in [5, 5.41) is 27.9. The van der Waals surface area contributed by atoms with Gasteiger partial charge in [0.2, 0.25) is 0 Å². The van der Waals surface area contributed by atoms with Gasteiger partial charge in [0.05, 0.1) is 12.0 Å². The first kappa shape index (κ1) is 14.4. The van der Waals surface area contributed by atoms with Crippen LogP contribution in [0.1, 0.15) is 12.5 Å². The number of ether oxygens (including phenoxy) is 1. The van der Waals surface area contributed by atoms with Crippen LogP contribution in [-0.4, -0.2) is 28.8 Å². The Morgan fingerprint density at radius 2 is 1.89 bits per heavy atom. The van der Waals surface area contributed by atoms with Gasteiger partial charge in [-0.2, -0.15) is 0 Å².